The van der Waals surface area contributed by atoms with Gasteiger partial charge in [0.05, 0.1) is 15.5 Å². The molecule has 0 saturated carbocycles. The third-order valence-corrected chi connectivity index (χ3v) is 2.60. The fourth-order valence-corrected chi connectivity index (χ4v) is 1.76. The molecule has 9 heteroatoms. The molecule has 0 aromatic heterocycles. The summed E-state index contributed by atoms with van der Waals surface area (Å²) in [7, 11) is 0. The smallest absolute Gasteiger partial charge is 0.339 e. The normalized spacial score (nSPS) is 10.0. The molecule has 1 rings (SSSR count). The summed E-state index contributed by atoms with van der Waals surface area (Å²) in [6.07, 6.45) is 0. The number of aromatic carboxylic acids is 2. The third-order valence-electron chi connectivity index (χ3n) is 1.82. The number of hydrogen-bond donors (Lipinski definition) is 2. The van der Waals surface area contributed by atoms with Crippen LogP contribution < -0.4 is 0 Å². The minimum Gasteiger partial charge on any atom is -0.478 e. The van der Waals surface area contributed by atoms with Crippen LogP contribution in [0.25, 0.3) is 0 Å². The van der Waals surface area contributed by atoms with Gasteiger partial charge in [0.25, 0.3) is 5.69 Å². The van der Waals surface area contributed by atoms with Gasteiger partial charge in [-0.3, -0.25) is 10.1 Å². The van der Waals surface area contributed by atoms with E-state index in [2.05, 4.69) is 0 Å². The van der Waals surface area contributed by atoms with E-state index in [0.717, 1.165) is 0 Å². The lowest BCUT2D eigenvalue weighted by atomic mass is 10.1. The number of hydrogen-bond acceptors (Lipinski definition) is 4. The van der Waals surface area contributed by atoms with Crippen molar-refractivity contribution in [2.75, 3.05) is 0 Å². The molecule has 0 aliphatic carbocycles. The van der Waals surface area contributed by atoms with E-state index >= 15 is 0 Å². The first-order valence-corrected chi connectivity index (χ1v) is 4.66. The Balaban J connectivity index is 3.76. The Morgan fingerprint density at radius 1 is 1.18 bits per heavy atom. The summed E-state index contributed by atoms with van der Waals surface area (Å²) in [5.74, 6) is -3.23. The van der Waals surface area contributed by atoms with Crippen molar-refractivity contribution in [1.29, 1.82) is 0 Å². The monoisotopic (exact) mass is 279 g/mol. The second-order valence-corrected chi connectivity index (χ2v) is 3.57. The topological polar surface area (TPSA) is 118 Å². The highest BCUT2D eigenvalue weighted by Gasteiger charge is 2.28. The van der Waals surface area contributed by atoms with Crippen molar-refractivity contribution < 1.29 is 24.7 Å². The van der Waals surface area contributed by atoms with Gasteiger partial charge >= 0.3 is 11.9 Å². The minimum absolute atomic E-state index is 0.611. The first-order chi connectivity index (χ1) is 7.77. The van der Waals surface area contributed by atoms with E-state index in [4.69, 9.17) is 33.4 Å². The number of halogens is 2. The SMILES string of the molecule is O=C(O)c1cc([N+](=O)[O-])c(Cl)c(C(=O)O)c1Cl. The molecule has 0 radical (unpaired) electrons. The lowest BCUT2D eigenvalue weighted by Crippen LogP contribution is -2.07. The molecule has 90 valence electrons. The third kappa shape index (κ3) is 2.29. The molecule has 0 saturated heterocycles. The number of nitro groups is 1. The molecular formula is C8H3Cl2NO6. The number of carbonyl (C=O) groups is 2. The van der Waals surface area contributed by atoms with Crippen molar-refractivity contribution in [1.82, 2.24) is 0 Å². The van der Waals surface area contributed by atoms with Crippen molar-refractivity contribution in [3.05, 3.63) is 37.4 Å². The summed E-state index contributed by atoms with van der Waals surface area (Å²) in [5, 5.41) is 26.7. The van der Waals surface area contributed by atoms with Crippen LogP contribution in [0.3, 0.4) is 0 Å². The van der Waals surface area contributed by atoms with E-state index in [-0.39, 0.29) is 0 Å². The first-order valence-electron chi connectivity index (χ1n) is 3.90. The van der Waals surface area contributed by atoms with Crippen LogP contribution in [0.1, 0.15) is 20.7 Å². The molecule has 0 spiro atoms. The number of rotatable bonds is 3. The Morgan fingerprint density at radius 3 is 2.06 bits per heavy atom. The highest BCUT2D eigenvalue weighted by Crippen LogP contribution is 2.36. The van der Waals surface area contributed by atoms with Crippen LogP contribution in [-0.2, 0) is 0 Å². The maximum absolute atomic E-state index is 10.8. The fourth-order valence-electron chi connectivity index (χ4n) is 1.10. The Labute approximate surface area is 103 Å². The quantitative estimate of drug-likeness (QED) is 0.647. The fraction of sp³-hybridized carbons (Fsp3) is 0. The molecule has 0 bridgehead atoms. The number of carboxylic acids is 2. The second kappa shape index (κ2) is 4.56. The van der Waals surface area contributed by atoms with Gasteiger partial charge in [0.2, 0.25) is 0 Å². The summed E-state index contributed by atoms with van der Waals surface area (Å²) in [6.45, 7) is 0. The molecule has 1 aromatic carbocycles. The number of nitro benzene ring substituents is 1. The van der Waals surface area contributed by atoms with Crippen LogP contribution in [0.2, 0.25) is 10.0 Å². The van der Waals surface area contributed by atoms with Crippen LogP contribution in [0.4, 0.5) is 5.69 Å². The van der Waals surface area contributed by atoms with Crippen molar-refractivity contribution >= 4 is 40.8 Å². The molecule has 0 aliphatic rings. The van der Waals surface area contributed by atoms with Crippen molar-refractivity contribution in [2.24, 2.45) is 0 Å². The zero-order valence-corrected chi connectivity index (χ0v) is 9.32. The van der Waals surface area contributed by atoms with Gasteiger partial charge < -0.3 is 10.2 Å². The molecular weight excluding hydrogens is 277 g/mol. The average molecular weight is 280 g/mol. The van der Waals surface area contributed by atoms with E-state index in [1.165, 1.54) is 0 Å². The van der Waals surface area contributed by atoms with E-state index in [1.807, 2.05) is 0 Å². The molecule has 0 unspecified atom stereocenters. The lowest BCUT2D eigenvalue weighted by Gasteiger charge is -2.06. The minimum atomic E-state index is -1.65. The zero-order chi connectivity index (χ0) is 13.3. The Hall–Kier alpha value is -1.86. The maximum atomic E-state index is 10.8. The van der Waals surface area contributed by atoms with Gasteiger partial charge in [0.15, 0.2) is 0 Å². The summed E-state index contributed by atoms with van der Waals surface area (Å²) in [6, 6.07) is 0.611. The van der Waals surface area contributed by atoms with Gasteiger partial charge in [-0.05, 0) is 0 Å². The van der Waals surface area contributed by atoms with Crippen molar-refractivity contribution in [3.63, 3.8) is 0 Å². The Morgan fingerprint density at radius 2 is 1.71 bits per heavy atom. The second-order valence-electron chi connectivity index (χ2n) is 2.81. The standard InChI is InChI=1S/C8H3Cl2NO6/c9-5-2(7(12)13)1-3(11(16)17)6(10)4(5)8(14)15/h1H,(H,12,13)(H,14,15). The first kappa shape index (κ1) is 13.2. The van der Waals surface area contributed by atoms with Crippen molar-refractivity contribution in [2.45, 2.75) is 0 Å². The number of nitrogens with zero attached hydrogens (tertiary/aromatic N) is 1. The van der Waals surface area contributed by atoms with Gasteiger partial charge in [-0.1, -0.05) is 23.2 Å². The maximum Gasteiger partial charge on any atom is 0.339 e. The van der Waals surface area contributed by atoms with E-state index in [0.29, 0.717) is 6.07 Å². The summed E-state index contributed by atoms with van der Waals surface area (Å²) in [5.41, 5.74) is -2.33. The Kier molecular flexibility index (Phi) is 3.54. The molecule has 17 heavy (non-hydrogen) atoms. The molecule has 0 atom stereocenters. The summed E-state index contributed by atoms with van der Waals surface area (Å²) >= 11 is 11.0. The van der Waals surface area contributed by atoms with Gasteiger partial charge in [0, 0.05) is 6.07 Å². The molecule has 2 N–H and O–H groups in total. The van der Waals surface area contributed by atoms with E-state index in [9.17, 15) is 19.7 Å². The van der Waals surface area contributed by atoms with Crippen LogP contribution in [0, 0.1) is 10.1 Å². The lowest BCUT2D eigenvalue weighted by molar-refractivity contribution is -0.384. The number of benzene rings is 1. The molecule has 0 aliphatic heterocycles. The van der Waals surface area contributed by atoms with Crippen LogP contribution >= 0.6 is 23.2 Å². The van der Waals surface area contributed by atoms with Gasteiger partial charge in [0.1, 0.15) is 10.6 Å². The average Bonchev–Trinajstić information content (AvgIpc) is 2.15. The van der Waals surface area contributed by atoms with E-state index < -0.39 is 43.7 Å². The molecule has 0 fully saturated rings. The predicted octanol–water partition coefficient (Wildman–Crippen LogP) is 2.30. The number of carboxylic acid groups (broad SMARTS) is 2. The zero-order valence-electron chi connectivity index (χ0n) is 7.81. The van der Waals surface area contributed by atoms with Gasteiger partial charge in [-0.2, -0.15) is 0 Å². The molecule has 0 heterocycles. The Bertz CT molecular complexity index is 503. The molecule has 1 aromatic rings. The highest BCUT2D eigenvalue weighted by atomic mass is 35.5. The predicted molar refractivity (Wildman–Crippen MR) is 57.0 cm³/mol. The molecule has 0 amide bonds. The molecule has 7 nitrogen and oxygen atoms in total. The van der Waals surface area contributed by atoms with Crippen LogP contribution in [0.15, 0.2) is 6.07 Å². The van der Waals surface area contributed by atoms with Crippen molar-refractivity contribution in [3.8, 4) is 0 Å². The highest BCUT2D eigenvalue weighted by molar-refractivity contribution is 6.42. The van der Waals surface area contributed by atoms with Gasteiger partial charge in [-0.15, -0.1) is 0 Å². The van der Waals surface area contributed by atoms with Gasteiger partial charge in [-0.25, -0.2) is 9.59 Å². The summed E-state index contributed by atoms with van der Waals surface area (Å²) < 4.78 is 0. The van der Waals surface area contributed by atoms with Crippen LogP contribution in [-0.4, -0.2) is 27.1 Å². The van der Waals surface area contributed by atoms with Crippen LogP contribution in [0.5, 0.6) is 0 Å². The largest absolute Gasteiger partial charge is 0.478 e. The summed E-state index contributed by atoms with van der Waals surface area (Å²) in [4.78, 5) is 31.1. The van der Waals surface area contributed by atoms with E-state index in [1.54, 1.807) is 0 Å².